The van der Waals surface area contributed by atoms with Crippen molar-refractivity contribution >= 4 is 22.0 Å². The van der Waals surface area contributed by atoms with Gasteiger partial charge in [0.15, 0.2) is 0 Å². The predicted octanol–water partition coefficient (Wildman–Crippen LogP) is 2.77. The lowest BCUT2D eigenvalue weighted by Crippen LogP contribution is -2.50. The maximum absolute atomic E-state index is 12.5. The highest BCUT2D eigenvalue weighted by Crippen LogP contribution is 2.15. The van der Waals surface area contributed by atoms with Gasteiger partial charge in [-0.15, -0.1) is 0 Å². The van der Waals surface area contributed by atoms with Crippen LogP contribution in [0.5, 0.6) is 5.75 Å². The molecule has 0 atom stereocenters. The smallest absolute Gasteiger partial charge is 0.236 e. The van der Waals surface area contributed by atoms with E-state index >= 15 is 0 Å². The molecule has 1 heterocycles. The van der Waals surface area contributed by atoms with Gasteiger partial charge < -0.3 is 9.64 Å². The maximum atomic E-state index is 12.5. The van der Waals surface area contributed by atoms with E-state index in [0.29, 0.717) is 39.0 Å². The van der Waals surface area contributed by atoms with E-state index in [-0.39, 0.29) is 5.91 Å². The fourth-order valence-corrected chi connectivity index (χ4v) is 4.38. The van der Waals surface area contributed by atoms with E-state index in [1.54, 1.807) is 18.1 Å². The van der Waals surface area contributed by atoms with Crippen molar-refractivity contribution in [3.63, 3.8) is 0 Å². The van der Waals surface area contributed by atoms with E-state index in [0.717, 1.165) is 16.9 Å². The average molecular weight is 415 g/mol. The quantitative estimate of drug-likeness (QED) is 0.699. The van der Waals surface area contributed by atoms with E-state index in [4.69, 9.17) is 4.74 Å². The molecule has 1 amide bonds. The van der Waals surface area contributed by atoms with Crippen LogP contribution in [-0.2, 0) is 21.2 Å². The van der Waals surface area contributed by atoms with Crippen LogP contribution in [-0.4, -0.2) is 56.8 Å². The van der Waals surface area contributed by atoms with Crippen molar-refractivity contribution in [2.45, 2.75) is 12.8 Å². The fourth-order valence-electron chi connectivity index (χ4n) is 3.21. The number of hydrogen-bond donors (Lipinski definition) is 0. The largest absolute Gasteiger partial charge is 0.497 e. The zero-order valence-corrected chi connectivity index (χ0v) is 17.3. The monoisotopic (exact) mass is 414 g/mol. The Morgan fingerprint density at radius 1 is 1.00 bits per heavy atom. The summed E-state index contributed by atoms with van der Waals surface area (Å²) in [5.41, 5.74) is 1.91. The summed E-state index contributed by atoms with van der Waals surface area (Å²) in [7, 11) is -1.87. The van der Waals surface area contributed by atoms with Crippen LogP contribution in [0.3, 0.4) is 0 Å². The first-order valence-corrected chi connectivity index (χ1v) is 11.1. The Morgan fingerprint density at radius 2 is 1.66 bits per heavy atom. The third-order valence-corrected chi connectivity index (χ3v) is 6.53. The Hall–Kier alpha value is -2.64. The number of amides is 1. The molecule has 0 unspecified atom stereocenters. The summed E-state index contributed by atoms with van der Waals surface area (Å²) in [6, 6.07) is 17.0. The molecule has 2 aromatic carbocycles. The van der Waals surface area contributed by atoms with Gasteiger partial charge in [-0.25, -0.2) is 8.42 Å². The van der Waals surface area contributed by atoms with Gasteiger partial charge in [0.1, 0.15) is 5.75 Å². The highest BCUT2D eigenvalue weighted by atomic mass is 32.2. The summed E-state index contributed by atoms with van der Waals surface area (Å²) >= 11 is 0. The Balaban J connectivity index is 1.48. The molecule has 0 aliphatic carbocycles. The zero-order valence-electron chi connectivity index (χ0n) is 16.5. The van der Waals surface area contributed by atoms with E-state index in [2.05, 4.69) is 0 Å². The van der Waals surface area contributed by atoms with Crippen LogP contribution in [0.15, 0.2) is 60.0 Å². The summed E-state index contributed by atoms with van der Waals surface area (Å²) in [6.07, 6.45) is 2.66. The van der Waals surface area contributed by atoms with Gasteiger partial charge in [-0.1, -0.05) is 42.5 Å². The van der Waals surface area contributed by atoms with Crippen molar-refractivity contribution in [3.05, 3.63) is 71.1 Å². The molecule has 0 N–H and O–H groups in total. The molecule has 0 bridgehead atoms. The van der Waals surface area contributed by atoms with Gasteiger partial charge in [-0.3, -0.25) is 4.79 Å². The first-order valence-electron chi connectivity index (χ1n) is 9.62. The molecule has 1 fully saturated rings. The number of aryl methyl sites for hydroxylation is 1. The third kappa shape index (κ3) is 5.92. The van der Waals surface area contributed by atoms with E-state index < -0.39 is 10.0 Å². The molecular formula is C22H26N2O4S. The number of carbonyl (C=O) groups is 1. The molecule has 1 aliphatic heterocycles. The van der Waals surface area contributed by atoms with Crippen LogP contribution in [0.4, 0.5) is 0 Å². The Kier molecular flexibility index (Phi) is 7.06. The summed E-state index contributed by atoms with van der Waals surface area (Å²) in [5, 5.41) is 1.24. The lowest BCUT2D eigenvalue weighted by Gasteiger charge is -2.33. The number of nitrogens with zero attached hydrogens (tertiary/aromatic N) is 2. The Bertz CT molecular complexity index is 933. The topological polar surface area (TPSA) is 66.9 Å². The summed E-state index contributed by atoms with van der Waals surface area (Å²) in [5.74, 6) is 0.844. The van der Waals surface area contributed by atoms with Crippen molar-refractivity contribution in [2.75, 3.05) is 33.3 Å². The molecule has 29 heavy (non-hydrogen) atoms. The van der Waals surface area contributed by atoms with Crippen molar-refractivity contribution in [2.24, 2.45) is 0 Å². The van der Waals surface area contributed by atoms with Crippen molar-refractivity contribution in [1.82, 2.24) is 9.21 Å². The second kappa shape index (κ2) is 9.71. The standard InChI is InChI=1S/C22H26N2O4S/c1-28-21-10-7-20(8-11-21)9-12-22(25)23-14-16-24(17-15-23)29(26,27)18-13-19-5-3-2-4-6-19/h2-8,10-11,13,18H,9,12,14-17H2,1H3. The molecule has 0 saturated carbocycles. The zero-order chi connectivity index (χ0) is 20.7. The van der Waals surface area contributed by atoms with Crippen LogP contribution < -0.4 is 4.74 Å². The van der Waals surface area contributed by atoms with Gasteiger partial charge >= 0.3 is 0 Å². The SMILES string of the molecule is COc1ccc(CCC(=O)N2CCN(S(=O)(=O)C=Cc3ccccc3)CC2)cc1. The van der Waals surface area contributed by atoms with Gasteiger partial charge in [-0.2, -0.15) is 4.31 Å². The second-order valence-electron chi connectivity index (χ2n) is 6.89. The van der Waals surface area contributed by atoms with Gasteiger partial charge in [-0.05, 0) is 35.8 Å². The van der Waals surface area contributed by atoms with E-state index in [1.807, 2.05) is 54.6 Å². The molecule has 3 rings (SSSR count). The number of rotatable bonds is 7. The van der Waals surface area contributed by atoms with Crippen molar-refractivity contribution < 1.29 is 17.9 Å². The Morgan fingerprint density at radius 3 is 2.28 bits per heavy atom. The summed E-state index contributed by atoms with van der Waals surface area (Å²) in [6.45, 7) is 1.46. The number of piperazine rings is 1. The minimum absolute atomic E-state index is 0.0534. The molecule has 0 spiro atoms. The number of methoxy groups -OCH3 is 1. The van der Waals surface area contributed by atoms with Crippen LogP contribution >= 0.6 is 0 Å². The lowest BCUT2D eigenvalue weighted by atomic mass is 10.1. The molecule has 1 saturated heterocycles. The van der Waals surface area contributed by atoms with Crippen LogP contribution in [0.25, 0.3) is 6.08 Å². The third-order valence-electron chi connectivity index (χ3n) is 4.97. The number of carbonyl (C=O) groups excluding carboxylic acids is 1. The summed E-state index contributed by atoms with van der Waals surface area (Å²) < 4.78 is 31.6. The highest BCUT2D eigenvalue weighted by molar-refractivity contribution is 7.92. The number of sulfonamides is 1. The maximum Gasteiger partial charge on any atom is 0.236 e. The van der Waals surface area contributed by atoms with Crippen LogP contribution in [0, 0.1) is 0 Å². The molecule has 7 heteroatoms. The van der Waals surface area contributed by atoms with E-state index in [9.17, 15) is 13.2 Å². The molecule has 0 radical (unpaired) electrons. The lowest BCUT2D eigenvalue weighted by molar-refractivity contribution is -0.132. The molecule has 154 valence electrons. The summed E-state index contributed by atoms with van der Waals surface area (Å²) in [4.78, 5) is 14.2. The van der Waals surface area contributed by atoms with Gasteiger partial charge in [0.05, 0.1) is 7.11 Å². The molecule has 1 aliphatic rings. The molecule has 6 nitrogen and oxygen atoms in total. The van der Waals surface area contributed by atoms with Crippen molar-refractivity contribution in [1.29, 1.82) is 0 Å². The predicted molar refractivity (Wildman–Crippen MR) is 114 cm³/mol. The first-order chi connectivity index (χ1) is 14.0. The first kappa shape index (κ1) is 21.1. The number of benzene rings is 2. The Labute approximate surface area is 172 Å². The molecular weight excluding hydrogens is 388 g/mol. The fraction of sp³-hybridized carbons (Fsp3) is 0.318. The number of ether oxygens (including phenoxy) is 1. The van der Waals surface area contributed by atoms with Crippen molar-refractivity contribution in [3.8, 4) is 5.75 Å². The van der Waals surface area contributed by atoms with Gasteiger partial charge in [0, 0.05) is 38.0 Å². The normalized spacial score (nSPS) is 15.6. The highest BCUT2D eigenvalue weighted by Gasteiger charge is 2.27. The molecule has 0 aromatic heterocycles. The average Bonchev–Trinajstić information content (AvgIpc) is 2.77. The molecule has 2 aromatic rings. The van der Waals surface area contributed by atoms with Gasteiger partial charge in [0.2, 0.25) is 15.9 Å². The van der Waals surface area contributed by atoms with Crippen LogP contribution in [0.1, 0.15) is 17.5 Å². The minimum atomic E-state index is -3.49. The minimum Gasteiger partial charge on any atom is -0.497 e. The van der Waals surface area contributed by atoms with E-state index in [1.165, 1.54) is 9.71 Å². The van der Waals surface area contributed by atoms with Gasteiger partial charge in [0.25, 0.3) is 0 Å². The van der Waals surface area contributed by atoms with Crippen LogP contribution in [0.2, 0.25) is 0 Å². The second-order valence-corrected chi connectivity index (χ2v) is 8.70. The number of hydrogen-bond acceptors (Lipinski definition) is 4.